The lowest BCUT2D eigenvalue weighted by molar-refractivity contribution is -0.351. The molecule has 27 heteroatoms. The van der Waals surface area contributed by atoms with Gasteiger partial charge in [-0.1, -0.05) is 46.9 Å². The summed E-state index contributed by atoms with van der Waals surface area (Å²) >= 11 is 0. The normalized spacial score (nSPS) is 34.4. The Labute approximate surface area is 374 Å². The number of carbonyl (C=O) groups is 3. The number of hydrogen-bond acceptors (Lipinski definition) is 10. The molecule has 1 aromatic carbocycles. The highest BCUT2D eigenvalue weighted by Crippen LogP contribution is 3.09. The van der Waals surface area contributed by atoms with Crippen LogP contribution in [0.4, 0.5) is 0 Å². The molecule has 1 aromatic rings. The monoisotopic (exact) mass is 1120 g/mol. The molecule has 2 bridgehead atoms. The minimum atomic E-state index is -1.29. The van der Waals surface area contributed by atoms with Crippen LogP contribution < -0.4 is 0 Å². The van der Waals surface area contributed by atoms with Crippen molar-refractivity contribution in [2.24, 2.45) is 22.7 Å². The van der Waals surface area contributed by atoms with Crippen molar-refractivity contribution in [1.82, 2.24) is 0 Å². The van der Waals surface area contributed by atoms with Crippen LogP contribution in [0.3, 0.4) is 0 Å². The largest absolute Gasteiger partial charge is 0.459 e. The summed E-state index contributed by atoms with van der Waals surface area (Å²) in [6, 6.07) is 8.85. The van der Waals surface area contributed by atoms with Crippen molar-refractivity contribution in [1.29, 1.82) is 0 Å². The van der Waals surface area contributed by atoms with Gasteiger partial charge < -0.3 is 33.1 Å². The SMILES string of the molecule is CC(=O)O[C@@H]1[C@H](OP(P(P)P)P(PP)P(P)P)C2=C(C)[C@@H](O)CC(C(OC(=O)c3ccccc3)C3[C@@]1(C)[C@@H](OP(P(P)P)P(P)P)C[C@H]1OC[C@@]31OC(C)=O)C2(C)C. The number of benzene rings is 1. The summed E-state index contributed by atoms with van der Waals surface area (Å²) in [5.74, 6) is -2.87. The number of ether oxygens (including phenoxy) is 4. The zero-order chi connectivity index (χ0) is 43.2. The molecule has 326 valence electrons. The molecule has 3 aliphatic carbocycles. The van der Waals surface area contributed by atoms with Gasteiger partial charge in [0.15, 0.2) is 5.60 Å². The molecule has 0 aromatic heterocycles. The van der Waals surface area contributed by atoms with Crippen LogP contribution in [0.25, 0.3) is 0 Å². The second kappa shape index (κ2) is 22.3. The van der Waals surface area contributed by atoms with Gasteiger partial charge in [-0.15, -0.1) is 80.4 Å². The predicted molar refractivity (Wildman–Crippen MR) is 286 cm³/mol. The molecule has 3 fully saturated rings. The topological polar surface area (TPSA) is 127 Å². The summed E-state index contributed by atoms with van der Waals surface area (Å²) in [5.41, 5.74) is -1.30. The number of fused-ring (bicyclic) bond motifs is 5. The Morgan fingerprint density at radius 1 is 0.845 bits per heavy atom. The Morgan fingerprint density at radius 3 is 1.93 bits per heavy atom. The lowest BCUT2D eigenvalue weighted by Gasteiger charge is -2.68. The lowest BCUT2D eigenvalue weighted by atomic mass is 9.45. The minimum absolute atomic E-state index is 0.0488. The number of hydrogen-bond donors (Lipinski definition) is 1. The molecule has 15 unspecified atom stereocenters. The van der Waals surface area contributed by atoms with Gasteiger partial charge in [-0.2, -0.15) is 0 Å². The van der Waals surface area contributed by atoms with Crippen molar-refractivity contribution in [2.45, 2.75) is 96.6 Å². The van der Waals surface area contributed by atoms with E-state index in [1.54, 1.807) is 24.3 Å². The van der Waals surface area contributed by atoms with E-state index >= 15 is 0 Å². The first-order chi connectivity index (χ1) is 27.0. The highest BCUT2D eigenvalue weighted by atomic mass is 33.1. The summed E-state index contributed by atoms with van der Waals surface area (Å²) in [6.07, 6.45) is -4.35. The van der Waals surface area contributed by atoms with E-state index in [4.69, 9.17) is 28.0 Å². The second-order valence-electron chi connectivity index (χ2n) is 15.4. The number of rotatable bonds is 14. The van der Waals surface area contributed by atoms with E-state index in [-0.39, 0.29) is 13.0 Å². The lowest BCUT2D eigenvalue weighted by Crippen LogP contribution is -2.80. The van der Waals surface area contributed by atoms with E-state index < -0.39 is 133 Å². The van der Waals surface area contributed by atoms with E-state index in [1.807, 2.05) is 13.0 Å². The standard InChI is InChI=1S/C31H57O10P17/c1-15-20(34)12-19-24(38-28(35)18-10-8-7-9-11-18)26-30(6,21(40-52(54(43)44)55(45)46)13-22-31(26,14-36-22)39-17(3)33)27(37-16(2)32)25(23(15)29(19,4)5)41-53(56(47)48)58(51-42)57(49)50/h7-11,19-22,24-27,34,51H,12-14,42-50H2,1-6H3/t19?,20-,21-,22+,24?,25+,26?,27+,30+,31-,53?,58?/m0/s1. The van der Waals surface area contributed by atoms with E-state index in [0.717, 1.165) is 11.1 Å². The minimum Gasteiger partial charge on any atom is -0.459 e. The van der Waals surface area contributed by atoms with Crippen molar-refractivity contribution >= 4 is 156 Å². The molecule has 1 aliphatic heterocycles. The van der Waals surface area contributed by atoms with E-state index in [2.05, 4.69) is 101 Å². The van der Waals surface area contributed by atoms with Gasteiger partial charge in [-0.3, -0.25) is 9.59 Å². The number of aliphatic hydroxyl groups excluding tert-OH is 1. The number of carbonyl (C=O) groups excluding carboxylic acids is 3. The molecule has 0 radical (unpaired) electrons. The van der Waals surface area contributed by atoms with E-state index in [0.29, 0.717) is 19.9 Å². The quantitative estimate of drug-likeness (QED) is 0.0833. The summed E-state index contributed by atoms with van der Waals surface area (Å²) in [6.45, 7) is 7.70. The second-order valence-corrected chi connectivity index (χ2v) is 73.5. The first-order valence-electron chi connectivity index (χ1n) is 18.1. The van der Waals surface area contributed by atoms with Crippen molar-refractivity contribution in [2.75, 3.05) is 6.61 Å². The molecule has 58 heavy (non-hydrogen) atoms. The van der Waals surface area contributed by atoms with Gasteiger partial charge in [0.05, 0.1) is 45.3 Å². The molecule has 0 spiro atoms. The molecular formula is C31H57O10P17. The predicted octanol–water partition coefficient (Wildman–Crippen LogP) is 12.9. The van der Waals surface area contributed by atoms with E-state index in [9.17, 15) is 19.5 Å². The van der Waals surface area contributed by atoms with Gasteiger partial charge in [-0.05, 0) is 70.0 Å². The van der Waals surface area contributed by atoms with Crippen molar-refractivity contribution in [3.05, 3.63) is 47.0 Å². The maximum atomic E-state index is 14.5. The van der Waals surface area contributed by atoms with Crippen LogP contribution in [0.15, 0.2) is 41.5 Å². The summed E-state index contributed by atoms with van der Waals surface area (Å²) in [4.78, 5) is 41.7. The number of esters is 3. The Kier molecular flexibility index (Phi) is 20.6. The van der Waals surface area contributed by atoms with Crippen LogP contribution >= 0.6 is 138 Å². The third-order valence-corrected chi connectivity index (χ3v) is 81.3. The van der Waals surface area contributed by atoms with Crippen LogP contribution in [0, 0.1) is 22.7 Å². The maximum absolute atomic E-state index is 14.5. The molecule has 10 nitrogen and oxygen atoms in total. The van der Waals surface area contributed by atoms with E-state index in [1.165, 1.54) is 13.8 Å². The van der Waals surface area contributed by atoms with Gasteiger partial charge in [-0.25, -0.2) is 4.79 Å². The average Bonchev–Trinajstić information content (AvgIpc) is 3.12. The molecule has 4 aliphatic rings. The fraction of sp³-hybridized carbons (Fsp3) is 0.645. The van der Waals surface area contributed by atoms with Gasteiger partial charge in [0.2, 0.25) is 0 Å². The van der Waals surface area contributed by atoms with Gasteiger partial charge in [0.25, 0.3) is 0 Å². The Morgan fingerprint density at radius 2 is 1.45 bits per heavy atom. The van der Waals surface area contributed by atoms with Crippen molar-refractivity contribution in [3.63, 3.8) is 0 Å². The third-order valence-electron chi connectivity index (χ3n) is 11.7. The van der Waals surface area contributed by atoms with Crippen LogP contribution in [0.5, 0.6) is 0 Å². The van der Waals surface area contributed by atoms with Crippen LogP contribution in [-0.4, -0.2) is 71.8 Å². The highest BCUT2D eigenvalue weighted by Gasteiger charge is 2.76. The molecular weight excluding hydrogens is 1060 g/mol. The fourth-order valence-electron chi connectivity index (χ4n) is 9.35. The van der Waals surface area contributed by atoms with Crippen LogP contribution in [0.1, 0.15) is 64.7 Å². The molecule has 1 N–H and O–H groups in total. The van der Waals surface area contributed by atoms with Crippen LogP contribution in [0.2, 0.25) is 0 Å². The summed E-state index contributed by atoms with van der Waals surface area (Å²) in [7, 11) is 25.2. The first-order valence-corrected chi connectivity index (χ1v) is 47.4. The van der Waals surface area contributed by atoms with Gasteiger partial charge >= 0.3 is 17.9 Å². The Hall–Kier alpha value is 4.52. The fourth-order valence-corrected chi connectivity index (χ4v) is 108. The highest BCUT2D eigenvalue weighted by molar-refractivity contribution is 9.10. The van der Waals surface area contributed by atoms with Crippen LogP contribution in [-0.2, 0) is 37.6 Å². The van der Waals surface area contributed by atoms with Crippen molar-refractivity contribution in [3.8, 4) is 0 Å². The maximum Gasteiger partial charge on any atom is 0.338 e. The third kappa shape index (κ3) is 11.0. The smallest absolute Gasteiger partial charge is 0.338 e. The molecule has 2 saturated carbocycles. The van der Waals surface area contributed by atoms with Gasteiger partial charge in [0.1, 0.15) is 24.4 Å². The summed E-state index contributed by atoms with van der Waals surface area (Å²) < 4.78 is 41.8. The number of aliphatic hydroxyl groups is 1. The Bertz CT molecular complexity index is 1690. The molecule has 22 atom stereocenters. The van der Waals surface area contributed by atoms with Gasteiger partial charge in [0, 0.05) is 38.6 Å². The molecule has 1 saturated heterocycles. The Balaban J connectivity index is 1.93. The average molecular weight is 1120 g/mol. The zero-order valence-electron chi connectivity index (χ0n) is 33.1. The zero-order valence-corrected chi connectivity index (χ0v) is 50.7. The molecule has 5 rings (SSSR count). The molecule has 1 heterocycles. The van der Waals surface area contributed by atoms with Crippen molar-refractivity contribution < 1.29 is 47.5 Å². The summed E-state index contributed by atoms with van der Waals surface area (Å²) in [5, 5.41) is 12.2. The first kappa shape index (κ1) is 53.5. The molecule has 0 amide bonds.